The standard InChI is InChI=1S/C13H23N3O4S/c14-12(17)10-16(11-4-1-2-5-11)13(18)6-8-15-7-3-9-21(15,19)20/h11H,1-10H2,(H2,14,17). The van der Waals surface area contributed by atoms with Crippen LogP contribution in [-0.2, 0) is 19.6 Å². The van der Waals surface area contributed by atoms with Crippen molar-refractivity contribution in [3.05, 3.63) is 0 Å². The molecule has 1 aliphatic heterocycles. The second-order valence-corrected chi connectivity index (χ2v) is 7.83. The molecule has 1 aliphatic carbocycles. The number of primary amides is 1. The van der Waals surface area contributed by atoms with Crippen molar-refractivity contribution < 1.29 is 18.0 Å². The number of hydrogen-bond acceptors (Lipinski definition) is 4. The van der Waals surface area contributed by atoms with E-state index < -0.39 is 15.9 Å². The van der Waals surface area contributed by atoms with E-state index in [0.717, 1.165) is 25.7 Å². The van der Waals surface area contributed by atoms with E-state index in [9.17, 15) is 18.0 Å². The fraction of sp³-hybridized carbons (Fsp3) is 0.846. The van der Waals surface area contributed by atoms with Crippen LogP contribution in [-0.4, -0.2) is 60.9 Å². The van der Waals surface area contributed by atoms with Crippen LogP contribution >= 0.6 is 0 Å². The Bertz CT molecular complexity index is 500. The van der Waals surface area contributed by atoms with E-state index in [1.54, 1.807) is 0 Å². The molecule has 120 valence electrons. The van der Waals surface area contributed by atoms with Crippen molar-refractivity contribution in [3.8, 4) is 0 Å². The van der Waals surface area contributed by atoms with Crippen LogP contribution in [0, 0.1) is 0 Å². The summed E-state index contributed by atoms with van der Waals surface area (Å²) in [7, 11) is -3.18. The summed E-state index contributed by atoms with van der Waals surface area (Å²) in [6, 6.07) is 0.0696. The highest BCUT2D eigenvalue weighted by Crippen LogP contribution is 2.24. The monoisotopic (exact) mass is 317 g/mol. The van der Waals surface area contributed by atoms with Crippen LogP contribution in [0.5, 0.6) is 0 Å². The maximum absolute atomic E-state index is 12.3. The highest BCUT2D eigenvalue weighted by Gasteiger charge is 2.31. The molecule has 2 N–H and O–H groups in total. The molecule has 2 aliphatic rings. The van der Waals surface area contributed by atoms with E-state index >= 15 is 0 Å². The molecule has 0 aromatic carbocycles. The Morgan fingerprint density at radius 1 is 1.19 bits per heavy atom. The van der Waals surface area contributed by atoms with E-state index in [1.807, 2.05) is 0 Å². The minimum atomic E-state index is -3.18. The van der Waals surface area contributed by atoms with Crippen LogP contribution in [0.2, 0.25) is 0 Å². The third-order valence-electron chi connectivity index (χ3n) is 4.19. The van der Waals surface area contributed by atoms with Gasteiger partial charge in [0, 0.05) is 25.6 Å². The fourth-order valence-electron chi connectivity index (χ4n) is 3.11. The Morgan fingerprint density at radius 3 is 2.38 bits per heavy atom. The molecule has 2 fully saturated rings. The highest BCUT2D eigenvalue weighted by atomic mass is 32.2. The maximum atomic E-state index is 12.3. The number of carbonyl (C=O) groups is 2. The first-order chi connectivity index (χ1) is 9.90. The highest BCUT2D eigenvalue weighted by molar-refractivity contribution is 7.89. The zero-order valence-corrected chi connectivity index (χ0v) is 13.0. The molecule has 2 rings (SSSR count). The number of nitrogens with two attached hydrogens (primary N) is 1. The van der Waals surface area contributed by atoms with Gasteiger partial charge < -0.3 is 10.6 Å². The zero-order chi connectivity index (χ0) is 15.5. The summed E-state index contributed by atoms with van der Waals surface area (Å²) in [5.74, 6) is -0.540. The van der Waals surface area contributed by atoms with E-state index in [4.69, 9.17) is 5.73 Å². The molecule has 2 amide bonds. The first kappa shape index (κ1) is 16.2. The lowest BCUT2D eigenvalue weighted by Gasteiger charge is -2.28. The Hall–Kier alpha value is -1.15. The van der Waals surface area contributed by atoms with Crippen molar-refractivity contribution in [1.82, 2.24) is 9.21 Å². The smallest absolute Gasteiger partial charge is 0.237 e. The number of sulfonamides is 1. The number of rotatable bonds is 6. The van der Waals surface area contributed by atoms with Gasteiger partial charge in [-0.1, -0.05) is 12.8 Å². The van der Waals surface area contributed by atoms with Gasteiger partial charge >= 0.3 is 0 Å². The molecule has 0 spiro atoms. The van der Waals surface area contributed by atoms with Crippen LogP contribution in [0.4, 0.5) is 0 Å². The minimum absolute atomic E-state index is 0.0696. The predicted octanol–water partition coefficient (Wildman–Crippen LogP) is -0.331. The van der Waals surface area contributed by atoms with Crippen molar-refractivity contribution in [2.24, 2.45) is 5.73 Å². The van der Waals surface area contributed by atoms with E-state index in [0.29, 0.717) is 13.0 Å². The quantitative estimate of drug-likeness (QED) is 0.724. The van der Waals surface area contributed by atoms with Crippen LogP contribution in [0.15, 0.2) is 0 Å². The lowest BCUT2D eigenvalue weighted by atomic mass is 10.2. The summed E-state index contributed by atoms with van der Waals surface area (Å²) in [4.78, 5) is 25.0. The molecule has 21 heavy (non-hydrogen) atoms. The fourth-order valence-corrected chi connectivity index (χ4v) is 4.64. The summed E-state index contributed by atoms with van der Waals surface area (Å²) < 4.78 is 24.8. The molecule has 1 saturated heterocycles. The van der Waals surface area contributed by atoms with Crippen LogP contribution in [0.25, 0.3) is 0 Å². The first-order valence-corrected chi connectivity index (χ1v) is 9.06. The van der Waals surface area contributed by atoms with Gasteiger partial charge in [-0.2, -0.15) is 0 Å². The van der Waals surface area contributed by atoms with Gasteiger partial charge in [0.15, 0.2) is 0 Å². The Kier molecular flexibility index (Phi) is 5.21. The summed E-state index contributed by atoms with van der Waals surface area (Å²) in [6.45, 7) is 0.605. The largest absolute Gasteiger partial charge is 0.368 e. The van der Waals surface area contributed by atoms with Crippen LogP contribution in [0.3, 0.4) is 0 Å². The second kappa shape index (κ2) is 6.74. The summed E-state index contributed by atoms with van der Waals surface area (Å²) in [6.07, 6.45) is 4.61. The van der Waals surface area contributed by atoms with Gasteiger partial charge in [-0.3, -0.25) is 9.59 Å². The van der Waals surface area contributed by atoms with Crippen molar-refractivity contribution in [3.63, 3.8) is 0 Å². The first-order valence-electron chi connectivity index (χ1n) is 7.46. The third-order valence-corrected chi connectivity index (χ3v) is 6.15. The summed E-state index contributed by atoms with van der Waals surface area (Å²) in [5.41, 5.74) is 5.22. The molecule has 0 radical (unpaired) electrons. The number of hydrogen-bond donors (Lipinski definition) is 1. The second-order valence-electron chi connectivity index (χ2n) is 5.74. The molecule has 1 heterocycles. The SMILES string of the molecule is NC(=O)CN(C(=O)CCN1CCCS1(=O)=O)C1CCCC1. The van der Waals surface area contributed by atoms with Gasteiger partial charge in [0.25, 0.3) is 0 Å². The molecule has 7 nitrogen and oxygen atoms in total. The van der Waals surface area contributed by atoms with Crippen molar-refractivity contribution in [2.45, 2.75) is 44.6 Å². The minimum Gasteiger partial charge on any atom is -0.368 e. The number of carbonyl (C=O) groups excluding carboxylic acids is 2. The summed E-state index contributed by atoms with van der Waals surface area (Å²) >= 11 is 0. The van der Waals surface area contributed by atoms with E-state index in [1.165, 1.54) is 9.21 Å². The average molecular weight is 317 g/mol. The molecule has 0 atom stereocenters. The van der Waals surface area contributed by atoms with Crippen LogP contribution in [0.1, 0.15) is 38.5 Å². The Morgan fingerprint density at radius 2 is 1.86 bits per heavy atom. The lowest BCUT2D eigenvalue weighted by Crippen LogP contribution is -2.45. The van der Waals surface area contributed by atoms with Gasteiger partial charge in [0.1, 0.15) is 0 Å². The van der Waals surface area contributed by atoms with Gasteiger partial charge in [0.2, 0.25) is 21.8 Å². The topological polar surface area (TPSA) is 101 Å². The average Bonchev–Trinajstić information content (AvgIpc) is 3.02. The zero-order valence-electron chi connectivity index (χ0n) is 12.2. The summed E-state index contributed by atoms with van der Waals surface area (Å²) in [5, 5.41) is 0. The molecule has 8 heteroatoms. The van der Waals surface area contributed by atoms with Gasteiger partial charge in [-0.15, -0.1) is 0 Å². The molecular formula is C13H23N3O4S. The molecule has 0 unspecified atom stereocenters. The van der Waals surface area contributed by atoms with E-state index in [2.05, 4.69) is 0 Å². The van der Waals surface area contributed by atoms with Gasteiger partial charge in [-0.25, -0.2) is 12.7 Å². The van der Waals surface area contributed by atoms with Gasteiger partial charge in [-0.05, 0) is 19.3 Å². The Balaban J connectivity index is 1.93. The van der Waals surface area contributed by atoms with Crippen LogP contribution < -0.4 is 5.73 Å². The molecular weight excluding hydrogens is 294 g/mol. The molecule has 0 bridgehead atoms. The predicted molar refractivity (Wildman–Crippen MR) is 77.8 cm³/mol. The van der Waals surface area contributed by atoms with E-state index in [-0.39, 0.29) is 37.2 Å². The maximum Gasteiger partial charge on any atom is 0.237 e. The van der Waals surface area contributed by atoms with Gasteiger partial charge in [0.05, 0.1) is 12.3 Å². The normalized spacial score (nSPS) is 22.5. The number of nitrogens with zero attached hydrogens (tertiary/aromatic N) is 2. The lowest BCUT2D eigenvalue weighted by molar-refractivity contribution is -0.137. The van der Waals surface area contributed by atoms with Crippen molar-refractivity contribution >= 4 is 21.8 Å². The molecule has 0 aromatic rings. The third kappa shape index (κ3) is 4.16. The molecule has 0 aromatic heterocycles. The number of amides is 2. The Labute approximate surface area is 125 Å². The van der Waals surface area contributed by atoms with Crippen molar-refractivity contribution in [2.75, 3.05) is 25.4 Å². The van der Waals surface area contributed by atoms with Crippen molar-refractivity contribution in [1.29, 1.82) is 0 Å². The molecule has 1 saturated carbocycles.